The van der Waals surface area contributed by atoms with Gasteiger partial charge < -0.3 is 14.5 Å². The number of hydrogen-bond acceptors (Lipinski definition) is 5. The summed E-state index contributed by atoms with van der Waals surface area (Å²) in [5, 5.41) is 13.4. The number of nitriles is 1. The summed E-state index contributed by atoms with van der Waals surface area (Å²) in [6.07, 6.45) is 3.79. The Morgan fingerprint density at radius 2 is 2.00 bits per heavy atom. The van der Waals surface area contributed by atoms with Gasteiger partial charge in [0.05, 0.1) is 28.0 Å². The third kappa shape index (κ3) is 2.54. The van der Waals surface area contributed by atoms with Crippen LogP contribution in [0.4, 0.5) is 0 Å². The fraction of sp³-hybridized carbons (Fsp3) is 0.238. The Bertz CT molecular complexity index is 1310. The average Bonchev–Trinajstić information content (AvgIpc) is 3.38. The van der Waals surface area contributed by atoms with Crippen molar-refractivity contribution in [2.75, 3.05) is 0 Å². The number of aryl methyl sites for hydroxylation is 2. The summed E-state index contributed by atoms with van der Waals surface area (Å²) in [5.41, 5.74) is 6.91. The van der Waals surface area contributed by atoms with Crippen LogP contribution in [-0.2, 0) is 0 Å². The predicted octanol–water partition coefficient (Wildman–Crippen LogP) is 3.94. The van der Waals surface area contributed by atoms with Crippen molar-refractivity contribution < 1.29 is 4.52 Å². The Hall–Kier alpha value is -3.66. The standard InChI is InChI=1S/C21H17N5O2/c1-10-18(11(2)28-26-10)14-6-16(20-17(7-14)24-21(27)25-20)15-5-12(8-22)9-23-19(15)13-3-4-13/h5-7,9,13H,3-4H2,1-2H3,(H2,24,25,27). The quantitative estimate of drug-likeness (QED) is 0.566. The van der Waals surface area contributed by atoms with Crippen LogP contribution in [-0.4, -0.2) is 20.1 Å². The van der Waals surface area contributed by atoms with Crippen molar-refractivity contribution in [2.45, 2.75) is 32.6 Å². The van der Waals surface area contributed by atoms with Crippen LogP contribution in [0.1, 0.15) is 41.5 Å². The van der Waals surface area contributed by atoms with Crippen LogP contribution in [0, 0.1) is 25.2 Å². The lowest BCUT2D eigenvalue weighted by molar-refractivity contribution is 0.393. The SMILES string of the molecule is Cc1noc(C)c1-c1cc(-c2cc(C#N)cnc2C2CC2)c2[nH]c(=O)[nH]c2c1. The van der Waals surface area contributed by atoms with E-state index in [4.69, 9.17) is 4.52 Å². The first-order valence-corrected chi connectivity index (χ1v) is 9.15. The molecule has 138 valence electrons. The smallest absolute Gasteiger partial charge is 0.323 e. The van der Waals surface area contributed by atoms with Crippen LogP contribution in [0.5, 0.6) is 0 Å². The highest BCUT2D eigenvalue weighted by molar-refractivity contribution is 5.97. The molecule has 1 aliphatic rings. The van der Waals surface area contributed by atoms with Crippen LogP contribution in [0.15, 0.2) is 33.7 Å². The average molecular weight is 371 g/mol. The molecule has 0 unspecified atom stereocenters. The molecule has 7 nitrogen and oxygen atoms in total. The van der Waals surface area contributed by atoms with E-state index in [0.29, 0.717) is 28.3 Å². The van der Waals surface area contributed by atoms with E-state index in [1.165, 1.54) is 0 Å². The number of nitrogens with one attached hydrogen (secondary N) is 2. The summed E-state index contributed by atoms with van der Waals surface area (Å²) in [6.45, 7) is 3.76. The lowest BCUT2D eigenvalue weighted by atomic mass is 9.94. The van der Waals surface area contributed by atoms with E-state index < -0.39 is 0 Å². The van der Waals surface area contributed by atoms with E-state index in [1.807, 2.05) is 32.0 Å². The van der Waals surface area contributed by atoms with Gasteiger partial charge in [0.25, 0.3) is 0 Å². The number of pyridine rings is 1. The number of aromatic nitrogens is 4. The molecule has 0 amide bonds. The molecule has 0 spiro atoms. The molecule has 4 aromatic rings. The molecule has 0 atom stereocenters. The molecule has 0 saturated heterocycles. The zero-order chi connectivity index (χ0) is 19.4. The number of hydrogen-bond donors (Lipinski definition) is 2. The second-order valence-electron chi connectivity index (χ2n) is 7.27. The van der Waals surface area contributed by atoms with Crippen LogP contribution in [0.3, 0.4) is 0 Å². The van der Waals surface area contributed by atoms with Crippen molar-refractivity contribution in [3.05, 3.63) is 57.6 Å². The Morgan fingerprint density at radius 1 is 1.18 bits per heavy atom. The molecule has 1 fully saturated rings. The Labute approximate surface area is 160 Å². The number of rotatable bonds is 3. The van der Waals surface area contributed by atoms with Crippen LogP contribution in [0.25, 0.3) is 33.3 Å². The largest absolute Gasteiger partial charge is 0.361 e. The van der Waals surface area contributed by atoms with Crippen LogP contribution in [0.2, 0.25) is 0 Å². The third-order valence-corrected chi connectivity index (χ3v) is 5.25. The molecule has 28 heavy (non-hydrogen) atoms. The van der Waals surface area contributed by atoms with E-state index in [0.717, 1.165) is 46.5 Å². The number of benzene rings is 1. The van der Waals surface area contributed by atoms with Gasteiger partial charge in [-0.05, 0) is 50.5 Å². The van der Waals surface area contributed by atoms with Gasteiger partial charge in [0.1, 0.15) is 11.8 Å². The number of aromatic amines is 2. The second kappa shape index (κ2) is 5.92. The molecular weight excluding hydrogens is 354 g/mol. The minimum Gasteiger partial charge on any atom is -0.361 e. The molecule has 0 bridgehead atoms. The van der Waals surface area contributed by atoms with Gasteiger partial charge in [0.15, 0.2) is 0 Å². The molecule has 1 saturated carbocycles. The molecule has 1 aliphatic carbocycles. The zero-order valence-corrected chi connectivity index (χ0v) is 15.5. The number of nitrogens with zero attached hydrogens (tertiary/aromatic N) is 3. The maximum Gasteiger partial charge on any atom is 0.323 e. The minimum atomic E-state index is -0.274. The highest BCUT2D eigenvalue weighted by Gasteiger charge is 2.29. The summed E-state index contributed by atoms with van der Waals surface area (Å²) >= 11 is 0. The van der Waals surface area contributed by atoms with E-state index >= 15 is 0 Å². The summed E-state index contributed by atoms with van der Waals surface area (Å²) in [5.74, 6) is 1.11. The van der Waals surface area contributed by atoms with E-state index in [9.17, 15) is 10.1 Å². The van der Waals surface area contributed by atoms with Gasteiger partial charge in [-0.1, -0.05) is 5.16 Å². The first kappa shape index (κ1) is 16.5. The lowest BCUT2D eigenvalue weighted by Gasteiger charge is -2.12. The molecule has 0 radical (unpaired) electrons. The van der Waals surface area contributed by atoms with Crippen molar-refractivity contribution in [2.24, 2.45) is 0 Å². The molecular formula is C21H17N5O2. The Kier molecular flexibility index (Phi) is 3.49. The maximum atomic E-state index is 12.0. The summed E-state index contributed by atoms with van der Waals surface area (Å²) in [4.78, 5) is 22.4. The van der Waals surface area contributed by atoms with Gasteiger partial charge in [-0.25, -0.2) is 4.79 Å². The Balaban J connectivity index is 1.85. The van der Waals surface area contributed by atoms with Crippen molar-refractivity contribution in [1.82, 2.24) is 20.1 Å². The van der Waals surface area contributed by atoms with Gasteiger partial charge in [-0.3, -0.25) is 4.98 Å². The minimum absolute atomic E-state index is 0.274. The monoisotopic (exact) mass is 371 g/mol. The fourth-order valence-electron chi connectivity index (χ4n) is 3.83. The van der Waals surface area contributed by atoms with E-state index in [1.54, 1.807) is 6.20 Å². The van der Waals surface area contributed by atoms with Gasteiger partial charge in [0, 0.05) is 28.8 Å². The van der Waals surface area contributed by atoms with Gasteiger partial charge in [-0.15, -0.1) is 0 Å². The number of H-pyrrole nitrogens is 2. The van der Waals surface area contributed by atoms with E-state index in [-0.39, 0.29) is 5.69 Å². The third-order valence-electron chi connectivity index (χ3n) is 5.25. The molecule has 1 aromatic carbocycles. The Morgan fingerprint density at radius 3 is 2.68 bits per heavy atom. The first-order chi connectivity index (χ1) is 13.5. The highest BCUT2D eigenvalue weighted by Crippen LogP contribution is 2.45. The molecule has 0 aliphatic heterocycles. The maximum absolute atomic E-state index is 12.0. The van der Waals surface area contributed by atoms with Gasteiger partial charge in [0.2, 0.25) is 0 Å². The molecule has 7 heteroatoms. The van der Waals surface area contributed by atoms with Crippen molar-refractivity contribution in [3.63, 3.8) is 0 Å². The lowest BCUT2D eigenvalue weighted by Crippen LogP contribution is -1.99. The fourth-order valence-corrected chi connectivity index (χ4v) is 3.83. The van der Waals surface area contributed by atoms with Gasteiger partial charge in [-0.2, -0.15) is 5.26 Å². The number of imidazole rings is 1. The molecule has 5 rings (SSSR count). The molecule has 3 aromatic heterocycles. The first-order valence-electron chi connectivity index (χ1n) is 9.15. The van der Waals surface area contributed by atoms with Crippen LogP contribution < -0.4 is 5.69 Å². The van der Waals surface area contributed by atoms with Crippen LogP contribution >= 0.6 is 0 Å². The number of fused-ring (bicyclic) bond motifs is 1. The molecule has 3 heterocycles. The highest BCUT2D eigenvalue weighted by atomic mass is 16.5. The predicted molar refractivity (Wildman–Crippen MR) is 104 cm³/mol. The normalized spacial score (nSPS) is 13.8. The topological polar surface area (TPSA) is 111 Å². The van der Waals surface area contributed by atoms with Crippen molar-refractivity contribution in [1.29, 1.82) is 5.26 Å². The summed E-state index contributed by atoms with van der Waals surface area (Å²) in [7, 11) is 0. The summed E-state index contributed by atoms with van der Waals surface area (Å²) in [6, 6.07) is 7.96. The zero-order valence-electron chi connectivity index (χ0n) is 15.5. The van der Waals surface area contributed by atoms with Gasteiger partial charge >= 0.3 is 5.69 Å². The van der Waals surface area contributed by atoms with Crippen molar-refractivity contribution >= 4 is 11.0 Å². The van der Waals surface area contributed by atoms with E-state index in [2.05, 4.69) is 26.2 Å². The second-order valence-corrected chi connectivity index (χ2v) is 7.27. The summed E-state index contributed by atoms with van der Waals surface area (Å²) < 4.78 is 5.34. The molecule has 2 N–H and O–H groups in total. The van der Waals surface area contributed by atoms with Crippen molar-refractivity contribution in [3.8, 4) is 28.3 Å².